The Kier molecular flexibility index (Phi) is 2.48. The molecule has 88 valence electrons. The summed E-state index contributed by atoms with van der Waals surface area (Å²) in [5, 5.41) is 0.754. The summed E-state index contributed by atoms with van der Waals surface area (Å²) in [5.74, 6) is 0.558. The minimum absolute atomic E-state index is 0.110. The third-order valence-corrected chi connectivity index (χ3v) is 3.29. The van der Waals surface area contributed by atoms with Crippen molar-refractivity contribution in [1.82, 2.24) is 4.98 Å². The van der Waals surface area contributed by atoms with Crippen LogP contribution in [0.3, 0.4) is 0 Å². The van der Waals surface area contributed by atoms with Crippen LogP contribution in [0.25, 0.3) is 10.9 Å². The van der Waals surface area contributed by atoms with Crippen LogP contribution in [0.2, 0.25) is 0 Å². The zero-order valence-electron chi connectivity index (χ0n) is 9.82. The van der Waals surface area contributed by atoms with Gasteiger partial charge in [0.15, 0.2) is 5.43 Å². The Labute approximate surface area is 99.4 Å². The third-order valence-electron chi connectivity index (χ3n) is 3.29. The van der Waals surface area contributed by atoms with Crippen molar-refractivity contribution < 1.29 is 4.74 Å². The Morgan fingerprint density at radius 2 is 2.24 bits per heavy atom. The van der Waals surface area contributed by atoms with Gasteiger partial charge in [0, 0.05) is 29.8 Å². The molecule has 0 unspecified atom stereocenters. The smallest absolute Gasteiger partial charge is 0.189 e. The van der Waals surface area contributed by atoms with E-state index >= 15 is 0 Å². The van der Waals surface area contributed by atoms with Crippen molar-refractivity contribution >= 4 is 10.9 Å². The minimum atomic E-state index is 0.110. The summed E-state index contributed by atoms with van der Waals surface area (Å²) in [6.07, 6.45) is 2.38. The Morgan fingerprint density at radius 1 is 1.41 bits per heavy atom. The number of para-hydroxylation sites is 1. The molecule has 1 aromatic heterocycles. The van der Waals surface area contributed by atoms with Crippen molar-refractivity contribution in [1.29, 1.82) is 0 Å². The van der Waals surface area contributed by atoms with Crippen molar-refractivity contribution in [2.75, 3.05) is 7.11 Å². The van der Waals surface area contributed by atoms with Crippen LogP contribution in [0, 0.1) is 0 Å². The molecule has 1 aliphatic rings. The van der Waals surface area contributed by atoms with Gasteiger partial charge in [-0.3, -0.25) is 4.79 Å². The summed E-state index contributed by atoms with van der Waals surface area (Å²) in [4.78, 5) is 15.4. The van der Waals surface area contributed by atoms with Gasteiger partial charge in [-0.05, 0) is 24.8 Å². The molecular weight excluding hydrogens is 214 g/mol. The molecular formula is C14H15NO2. The predicted molar refractivity (Wildman–Crippen MR) is 67.3 cm³/mol. The van der Waals surface area contributed by atoms with Crippen LogP contribution in [0.1, 0.15) is 30.0 Å². The van der Waals surface area contributed by atoms with Crippen LogP contribution in [0.4, 0.5) is 0 Å². The number of pyridine rings is 1. The quantitative estimate of drug-likeness (QED) is 0.878. The molecule has 3 rings (SSSR count). The molecule has 0 bridgehead atoms. The lowest BCUT2D eigenvalue weighted by molar-refractivity contribution is 0.186. The number of hydrogen-bond donors (Lipinski definition) is 1. The number of ether oxygens (including phenoxy) is 1. The van der Waals surface area contributed by atoms with Crippen LogP contribution in [-0.2, 0) is 11.3 Å². The van der Waals surface area contributed by atoms with Crippen molar-refractivity contribution in [3.63, 3.8) is 0 Å². The van der Waals surface area contributed by atoms with E-state index in [0.717, 1.165) is 22.2 Å². The lowest BCUT2D eigenvalue weighted by atomic mass is 10.1. The average molecular weight is 229 g/mol. The summed E-state index contributed by atoms with van der Waals surface area (Å²) < 4.78 is 5.17. The second-order valence-corrected chi connectivity index (χ2v) is 4.64. The normalized spacial score (nSPS) is 15.4. The number of benzene rings is 1. The van der Waals surface area contributed by atoms with E-state index in [2.05, 4.69) is 4.98 Å². The minimum Gasteiger partial charge on any atom is -0.380 e. The Bertz CT molecular complexity index is 611. The van der Waals surface area contributed by atoms with Crippen LogP contribution in [0.5, 0.6) is 0 Å². The monoisotopic (exact) mass is 229 g/mol. The van der Waals surface area contributed by atoms with Gasteiger partial charge >= 0.3 is 0 Å². The maximum Gasteiger partial charge on any atom is 0.189 e. The third kappa shape index (κ3) is 1.87. The molecule has 1 saturated carbocycles. The van der Waals surface area contributed by atoms with Crippen molar-refractivity contribution in [2.24, 2.45) is 0 Å². The predicted octanol–water partition coefficient (Wildman–Crippen LogP) is 2.55. The average Bonchev–Trinajstić information content (AvgIpc) is 3.14. The number of H-pyrrole nitrogens is 1. The van der Waals surface area contributed by atoms with Gasteiger partial charge in [-0.25, -0.2) is 0 Å². The highest BCUT2D eigenvalue weighted by Gasteiger charge is 2.25. The van der Waals surface area contributed by atoms with Crippen molar-refractivity contribution in [3.05, 3.63) is 45.7 Å². The van der Waals surface area contributed by atoms with E-state index in [1.807, 2.05) is 18.2 Å². The molecule has 0 spiro atoms. The highest BCUT2D eigenvalue weighted by atomic mass is 16.5. The molecule has 1 heterocycles. The molecule has 1 fully saturated rings. The maximum atomic E-state index is 12.0. The molecule has 0 aliphatic heterocycles. The van der Waals surface area contributed by atoms with Crippen LogP contribution in [0.15, 0.2) is 29.1 Å². The highest BCUT2D eigenvalue weighted by molar-refractivity contribution is 5.81. The standard InChI is InChI=1S/C14H15NO2/c1-17-8-10-3-2-4-11-13(16)7-12(9-5-6-9)15-14(10)11/h2-4,7,9H,5-6,8H2,1H3,(H,15,16). The maximum absolute atomic E-state index is 12.0. The molecule has 0 radical (unpaired) electrons. The first-order valence-corrected chi connectivity index (χ1v) is 5.93. The molecule has 1 aliphatic carbocycles. The first kappa shape index (κ1) is 10.5. The highest BCUT2D eigenvalue weighted by Crippen LogP contribution is 2.38. The van der Waals surface area contributed by atoms with Gasteiger partial charge in [-0.1, -0.05) is 12.1 Å². The van der Waals surface area contributed by atoms with E-state index in [0.29, 0.717) is 12.5 Å². The number of rotatable bonds is 3. The van der Waals surface area contributed by atoms with Gasteiger partial charge in [0.2, 0.25) is 0 Å². The number of fused-ring (bicyclic) bond motifs is 1. The summed E-state index contributed by atoms with van der Waals surface area (Å²) in [5.41, 5.74) is 3.16. The van der Waals surface area contributed by atoms with Crippen LogP contribution < -0.4 is 5.43 Å². The lowest BCUT2D eigenvalue weighted by Crippen LogP contribution is -2.06. The van der Waals surface area contributed by atoms with Gasteiger partial charge < -0.3 is 9.72 Å². The second kappa shape index (κ2) is 4.00. The fourth-order valence-electron chi connectivity index (χ4n) is 2.24. The van der Waals surface area contributed by atoms with Gasteiger partial charge in [-0.2, -0.15) is 0 Å². The zero-order valence-corrected chi connectivity index (χ0v) is 9.82. The summed E-state index contributed by atoms with van der Waals surface area (Å²) in [6.45, 7) is 0.529. The number of nitrogens with one attached hydrogen (secondary N) is 1. The zero-order chi connectivity index (χ0) is 11.8. The molecule has 3 heteroatoms. The fraction of sp³-hybridized carbons (Fsp3) is 0.357. The number of methoxy groups -OCH3 is 1. The first-order valence-electron chi connectivity index (χ1n) is 5.93. The Hall–Kier alpha value is -1.61. The van der Waals surface area contributed by atoms with Crippen LogP contribution in [-0.4, -0.2) is 12.1 Å². The molecule has 0 saturated heterocycles. The Balaban J connectivity index is 2.25. The van der Waals surface area contributed by atoms with Gasteiger partial charge in [0.25, 0.3) is 0 Å². The van der Waals surface area contributed by atoms with Crippen LogP contribution >= 0.6 is 0 Å². The molecule has 3 nitrogen and oxygen atoms in total. The number of aromatic amines is 1. The summed E-state index contributed by atoms with van der Waals surface area (Å²) in [7, 11) is 1.67. The van der Waals surface area contributed by atoms with E-state index in [1.165, 1.54) is 12.8 Å². The largest absolute Gasteiger partial charge is 0.380 e. The second-order valence-electron chi connectivity index (χ2n) is 4.64. The summed E-state index contributed by atoms with van der Waals surface area (Å²) >= 11 is 0. The molecule has 1 N–H and O–H groups in total. The molecule has 1 aromatic carbocycles. The molecule has 0 amide bonds. The summed E-state index contributed by atoms with van der Waals surface area (Å²) in [6, 6.07) is 7.52. The molecule has 2 aromatic rings. The van der Waals surface area contributed by atoms with Gasteiger partial charge in [0.05, 0.1) is 12.1 Å². The topological polar surface area (TPSA) is 42.1 Å². The fourth-order valence-corrected chi connectivity index (χ4v) is 2.24. The number of hydrogen-bond acceptors (Lipinski definition) is 2. The van der Waals surface area contributed by atoms with E-state index in [-0.39, 0.29) is 5.43 Å². The first-order chi connectivity index (χ1) is 8.29. The van der Waals surface area contributed by atoms with E-state index in [9.17, 15) is 4.79 Å². The van der Waals surface area contributed by atoms with E-state index in [4.69, 9.17) is 4.74 Å². The molecule has 0 atom stereocenters. The van der Waals surface area contributed by atoms with E-state index in [1.54, 1.807) is 13.2 Å². The Morgan fingerprint density at radius 3 is 2.94 bits per heavy atom. The van der Waals surface area contributed by atoms with Crippen molar-refractivity contribution in [2.45, 2.75) is 25.4 Å². The van der Waals surface area contributed by atoms with Gasteiger partial charge in [0.1, 0.15) is 0 Å². The molecule has 17 heavy (non-hydrogen) atoms. The number of aromatic nitrogens is 1. The van der Waals surface area contributed by atoms with Gasteiger partial charge in [-0.15, -0.1) is 0 Å². The lowest BCUT2D eigenvalue weighted by Gasteiger charge is -2.07. The SMILES string of the molecule is COCc1cccc2c(=O)cc(C3CC3)[nH]c12. The van der Waals surface area contributed by atoms with Crippen molar-refractivity contribution in [3.8, 4) is 0 Å². The van der Waals surface area contributed by atoms with E-state index < -0.39 is 0 Å².